The molecule has 5 heteroatoms. The molecule has 0 saturated heterocycles. The molecule has 1 atom stereocenters. The van der Waals surface area contributed by atoms with Gasteiger partial charge in [-0.15, -0.1) is 11.3 Å². The van der Waals surface area contributed by atoms with Crippen molar-refractivity contribution in [3.8, 4) is 0 Å². The number of hydrogen-bond donors (Lipinski definition) is 0. The van der Waals surface area contributed by atoms with E-state index >= 15 is 0 Å². The number of carbonyl (C=O) groups excluding carboxylic acids is 1. The molecule has 18 heavy (non-hydrogen) atoms. The second kappa shape index (κ2) is 4.57. The molecule has 1 aliphatic heterocycles. The lowest BCUT2D eigenvalue weighted by molar-refractivity contribution is 0.0647. The van der Waals surface area contributed by atoms with Gasteiger partial charge in [0.1, 0.15) is 6.26 Å². The molecule has 0 aliphatic carbocycles. The van der Waals surface area contributed by atoms with E-state index in [4.69, 9.17) is 4.52 Å². The van der Waals surface area contributed by atoms with Crippen molar-refractivity contribution in [2.24, 2.45) is 0 Å². The minimum Gasteiger partial charge on any atom is -0.364 e. The number of fused-ring (bicyclic) bond motifs is 1. The lowest BCUT2D eigenvalue weighted by Crippen LogP contribution is -2.39. The highest BCUT2D eigenvalue weighted by Gasteiger charge is 2.31. The summed E-state index contributed by atoms with van der Waals surface area (Å²) in [6, 6.07) is 3.93. The van der Waals surface area contributed by atoms with Crippen LogP contribution in [0.4, 0.5) is 0 Å². The quantitative estimate of drug-likeness (QED) is 0.836. The molecule has 0 aromatic carbocycles. The summed E-state index contributed by atoms with van der Waals surface area (Å²) >= 11 is 1.78. The summed E-state index contributed by atoms with van der Waals surface area (Å²) in [5.74, 6) is -0.0348. The Morgan fingerprint density at radius 2 is 2.50 bits per heavy atom. The zero-order valence-corrected chi connectivity index (χ0v) is 10.9. The van der Waals surface area contributed by atoms with E-state index in [1.165, 1.54) is 16.7 Å². The Morgan fingerprint density at radius 3 is 3.22 bits per heavy atom. The molecule has 3 heterocycles. The van der Waals surface area contributed by atoms with Gasteiger partial charge >= 0.3 is 0 Å². The Hall–Kier alpha value is -1.62. The molecule has 0 unspecified atom stereocenters. The first-order valence-corrected chi connectivity index (χ1v) is 6.97. The van der Waals surface area contributed by atoms with Crippen molar-refractivity contribution < 1.29 is 9.32 Å². The monoisotopic (exact) mass is 262 g/mol. The van der Waals surface area contributed by atoms with E-state index in [0.29, 0.717) is 5.69 Å². The molecule has 0 saturated carbocycles. The van der Waals surface area contributed by atoms with Crippen molar-refractivity contribution in [2.75, 3.05) is 6.54 Å². The third-order valence-corrected chi connectivity index (χ3v) is 4.40. The summed E-state index contributed by atoms with van der Waals surface area (Å²) in [6.45, 7) is 2.87. The van der Waals surface area contributed by atoms with Gasteiger partial charge in [-0.25, -0.2) is 0 Å². The van der Waals surface area contributed by atoms with Gasteiger partial charge in [0.05, 0.1) is 6.04 Å². The summed E-state index contributed by atoms with van der Waals surface area (Å²) in [5, 5.41) is 5.85. The SMILES string of the molecule is CC[C@@H]1c2ccsc2CCN1C(=O)c1ccon1. The van der Waals surface area contributed by atoms with Gasteiger partial charge < -0.3 is 9.42 Å². The lowest BCUT2D eigenvalue weighted by Gasteiger charge is -2.34. The van der Waals surface area contributed by atoms with E-state index in [1.807, 2.05) is 4.90 Å². The van der Waals surface area contributed by atoms with E-state index in [-0.39, 0.29) is 11.9 Å². The van der Waals surface area contributed by atoms with Crippen molar-refractivity contribution in [3.63, 3.8) is 0 Å². The standard InChI is InChI=1S/C13H14N2O2S/c1-2-11-9-5-8-18-12(9)3-6-15(11)13(16)10-4-7-17-14-10/h4-5,7-8,11H,2-3,6H2,1H3/t11-/m1/s1. The molecule has 4 nitrogen and oxygen atoms in total. The van der Waals surface area contributed by atoms with E-state index < -0.39 is 0 Å². The maximum atomic E-state index is 12.4. The molecule has 2 aromatic heterocycles. The first-order valence-electron chi connectivity index (χ1n) is 6.09. The fourth-order valence-electron chi connectivity index (χ4n) is 2.55. The molecule has 2 aromatic rings. The van der Waals surface area contributed by atoms with Crippen LogP contribution in [0.3, 0.4) is 0 Å². The second-order valence-electron chi connectivity index (χ2n) is 4.36. The largest absolute Gasteiger partial charge is 0.364 e. The van der Waals surface area contributed by atoms with Gasteiger partial charge in [0.2, 0.25) is 0 Å². The van der Waals surface area contributed by atoms with Gasteiger partial charge in [0.25, 0.3) is 5.91 Å². The predicted molar refractivity (Wildman–Crippen MR) is 68.6 cm³/mol. The number of aromatic nitrogens is 1. The fourth-order valence-corrected chi connectivity index (χ4v) is 3.48. The topological polar surface area (TPSA) is 46.3 Å². The average molecular weight is 262 g/mol. The van der Waals surface area contributed by atoms with Crippen molar-refractivity contribution in [1.29, 1.82) is 0 Å². The Bertz CT molecular complexity index is 547. The van der Waals surface area contributed by atoms with Crippen molar-refractivity contribution in [1.82, 2.24) is 10.1 Å². The summed E-state index contributed by atoms with van der Waals surface area (Å²) in [7, 11) is 0. The normalized spacial score (nSPS) is 18.7. The summed E-state index contributed by atoms with van der Waals surface area (Å²) < 4.78 is 4.75. The second-order valence-corrected chi connectivity index (χ2v) is 5.36. The predicted octanol–water partition coefficient (Wildman–Crippen LogP) is 2.89. The van der Waals surface area contributed by atoms with Crippen LogP contribution in [0.25, 0.3) is 0 Å². The van der Waals surface area contributed by atoms with Gasteiger partial charge in [-0.3, -0.25) is 4.79 Å². The highest BCUT2D eigenvalue weighted by molar-refractivity contribution is 7.10. The molecule has 3 rings (SSSR count). The van der Waals surface area contributed by atoms with E-state index in [2.05, 4.69) is 23.5 Å². The van der Waals surface area contributed by atoms with E-state index in [0.717, 1.165) is 19.4 Å². The van der Waals surface area contributed by atoms with Crippen LogP contribution in [-0.2, 0) is 6.42 Å². The molecule has 0 radical (unpaired) electrons. The van der Waals surface area contributed by atoms with Crippen LogP contribution < -0.4 is 0 Å². The zero-order valence-electron chi connectivity index (χ0n) is 10.1. The molecular formula is C13H14N2O2S. The molecule has 94 valence electrons. The lowest BCUT2D eigenvalue weighted by atomic mass is 9.97. The molecule has 1 amide bonds. The summed E-state index contributed by atoms with van der Waals surface area (Å²) in [5.41, 5.74) is 1.69. The number of thiophene rings is 1. The Labute approximate surface area is 109 Å². The first-order chi connectivity index (χ1) is 8.81. The van der Waals surface area contributed by atoms with Crippen molar-refractivity contribution in [2.45, 2.75) is 25.8 Å². The Morgan fingerprint density at radius 1 is 1.61 bits per heavy atom. The van der Waals surface area contributed by atoms with Crippen LogP contribution in [0.15, 0.2) is 28.3 Å². The third-order valence-electron chi connectivity index (χ3n) is 3.40. The van der Waals surface area contributed by atoms with Crippen molar-refractivity contribution in [3.05, 3.63) is 39.9 Å². The molecule has 1 aliphatic rings. The zero-order chi connectivity index (χ0) is 12.5. The Kier molecular flexibility index (Phi) is 2.91. The van der Waals surface area contributed by atoms with Gasteiger partial charge in [-0.1, -0.05) is 12.1 Å². The fraction of sp³-hybridized carbons (Fsp3) is 0.385. The van der Waals surface area contributed by atoms with Crippen LogP contribution in [0.1, 0.15) is 40.3 Å². The third kappa shape index (κ3) is 1.75. The molecular weight excluding hydrogens is 248 g/mol. The minimum atomic E-state index is -0.0348. The van der Waals surface area contributed by atoms with Crippen LogP contribution in [0.5, 0.6) is 0 Å². The van der Waals surface area contributed by atoms with Gasteiger partial charge in [0, 0.05) is 17.5 Å². The molecule has 0 fully saturated rings. The Balaban J connectivity index is 1.92. The van der Waals surface area contributed by atoms with Crippen LogP contribution in [0.2, 0.25) is 0 Å². The average Bonchev–Trinajstić information content (AvgIpc) is 3.06. The highest BCUT2D eigenvalue weighted by Crippen LogP contribution is 2.35. The highest BCUT2D eigenvalue weighted by atomic mass is 32.1. The van der Waals surface area contributed by atoms with E-state index in [9.17, 15) is 4.79 Å². The smallest absolute Gasteiger partial charge is 0.276 e. The number of hydrogen-bond acceptors (Lipinski definition) is 4. The van der Waals surface area contributed by atoms with Crippen LogP contribution in [0, 0.1) is 0 Å². The number of carbonyl (C=O) groups is 1. The first kappa shape index (κ1) is 11.5. The van der Waals surface area contributed by atoms with Crippen LogP contribution in [-0.4, -0.2) is 22.5 Å². The molecule has 0 spiro atoms. The van der Waals surface area contributed by atoms with Crippen molar-refractivity contribution >= 4 is 17.2 Å². The summed E-state index contributed by atoms with van der Waals surface area (Å²) in [4.78, 5) is 15.7. The number of amides is 1. The minimum absolute atomic E-state index is 0.0348. The maximum Gasteiger partial charge on any atom is 0.276 e. The van der Waals surface area contributed by atoms with Gasteiger partial charge in [-0.2, -0.15) is 0 Å². The van der Waals surface area contributed by atoms with E-state index in [1.54, 1.807) is 17.4 Å². The number of rotatable bonds is 2. The molecule has 0 N–H and O–H groups in total. The molecule has 0 bridgehead atoms. The van der Waals surface area contributed by atoms with Crippen LogP contribution >= 0.6 is 11.3 Å². The maximum absolute atomic E-state index is 12.4. The van der Waals surface area contributed by atoms with Gasteiger partial charge in [-0.05, 0) is 29.9 Å². The number of nitrogens with zero attached hydrogens (tertiary/aromatic N) is 2. The summed E-state index contributed by atoms with van der Waals surface area (Å²) in [6.07, 6.45) is 3.30. The van der Waals surface area contributed by atoms with Gasteiger partial charge in [0.15, 0.2) is 5.69 Å².